The standard InChI is InChI=1S/C29H30ClN3O4/c30-22-7-4-8-23(16-22)32-13-11-31(12-14-32)17-24(37-29(36)19-5-2-1-3-6-19)18-33-27(34)25-20-9-10-21(15-20)26(25)28(33)35/h1-10,16,20-21,24-26H,11-15,17-18H2. The number of benzene rings is 2. The summed E-state index contributed by atoms with van der Waals surface area (Å²) >= 11 is 6.17. The molecular formula is C29H30ClN3O4. The highest BCUT2D eigenvalue weighted by molar-refractivity contribution is 6.30. The molecule has 0 radical (unpaired) electrons. The summed E-state index contributed by atoms with van der Waals surface area (Å²) in [6, 6.07) is 16.7. The van der Waals surface area contributed by atoms with E-state index in [-0.39, 0.29) is 42.0 Å². The minimum atomic E-state index is -0.609. The van der Waals surface area contributed by atoms with Crippen LogP contribution in [-0.2, 0) is 14.3 Å². The van der Waals surface area contributed by atoms with Gasteiger partial charge >= 0.3 is 5.97 Å². The number of likely N-dealkylation sites (tertiary alicyclic amines) is 1. The van der Waals surface area contributed by atoms with Gasteiger partial charge < -0.3 is 9.64 Å². The molecule has 2 bridgehead atoms. The SMILES string of the molecule is O=C(OC(CN1CCN(c2cccc(Cl)c2)CC1)CN1C(=O)C2C3C=CC(C3)C2C1=O)c1ccccc1. The molecule has 2 aliphatic carbocycles. The van der Waals surface area contributed by atoms with Crippen molar-refractivity contribution in [2.75, 3.05) is 44.2 Å². The second-order valence-electron chi connectivity index (χ2n) is 10.4. The number of carbonyl (C=O) groups is 3. The van der Waals surface area contributed by atoms with Crippen molar-refractivity contribution in [1.29, 1.82) is 0 Å². The number of esters is 1. The van der Waals surface area contributed by atoms with Gasteiger partial charge in [0, 0.05) is 43.4 Å². The van der Waals surface area contributed by atoms with E-state index >= 15 is 0 Å². The molecular weight excluding hydrogens is 490 g/mol. The van der Waals surface area contributed by atoms with E-state index in [2.05, 4.69) is 28.0 Å². The van der Waals surface area contributed by atoms with E-state index in [1.807, 2.05) is 24.3 Å². The summed E-state index contributed by atoms with van der Waals surface area (Å²) < 4.78 is 5.94. The Balaban J connectivity index is 1.15. The third kappa shape index (κ3) is 4.66. The lowest BCUT2D eigenvalue weighted by Crippen LogP contribution is -2.51. The minimum absolute atomic E-state index is 0.0944. The summed E-state index contributed by atoms with van der Waals surface area (Å²) in [6.07, 6.45) is 4.46. The lowest BCUT2D eigenvalue weighted by atomic mass is 9.85. The number of hydrogen-bond acceptors (Lipinski definition) is 6. The summed E-state index contributed by atoms with van der Waals surface area (Å²) in [5.74, 6) is -0.868. The first-order valence-electron chi connectivity index (χ1n) is 13.0. The van der Waals surface area contributed by atoms with Gasteiger partial charge in [-0.25, -0.2) is 4.79 Å². The van der Waals surface area contributed by atoms with Crippen LogP contribution in [0.4, 0.5) is 5.69 Å². The van der Waals surface area contributed by atoms with Crippen LogP contribution in [-0.4, -0.2) is 73.0 Å². The molecule has 2 aromatic carbocycles. The van der Waals surface area contributed by atoms with Gasteiger partial charge in [-0.15, -0.1) is 0 Å². The Kier molecular flexibility index (Phi) is 6.51. The predicted octanol–water partition coefficient (Wildman–Crippen LogP) is 3.49. The summed E-state index contributed by atoms with van der Waals surface area (Å²) in [7, 11) is 0. The number of carbonyl (C=O) groups excluding carboxylic acids is 3. The number of amides is 2. The molecule has 2 aromatic rings. The molecule has 5 unspecified atom stereocenters. The van der Waals surface area contributed by atoms with Crippen molar-refractivity contribution in [3.63, 3.8) is 0 Å². The van der Waals surface area contributed by atoms with Crippen LogP contribution in [0.2, 0.25) is 5.02 Å². The van der Waals surface area contributed by atoms with Crippen LogP contribution < -0.4 is 4.90 Å². The maximum atomic E-state index is 13.3. The van der Waals surface area contributed by atoms with Crippen molar-refractivity contribution in [1.82, 2.24) is 9.80 Å². The summed E-state index contributed by atoms with van der Waals surface area (Å²) in [5.41, 5.74) is 1.54. The zero-order valence-corrected chi connectivity index (χ0v) is 21.3. The monoisotopic (exact) mass is 519 g/mol. The molecule has 0 spiro atoms. The van der Waals surface area contributed by atoms with E-state index in [1.54, 1.807) is 24.3 Å². The Bertz CT molecular complexity index is 1200. The molecule has 3 fully saturated rings. The van der Waals surface area contributed by atoms with E-state index in [4.69, 9.17) is 16.3 Å². The van der Waals surface area contributed by atoms with Gasteiger partial charge in [-0.2, -0.15) is 0 Å². The molecule has 6 rings (SSSR count). The third-order valence-electron chi connectivity index (χ3n) is 8.24. The summed E-state index contributed by atoms with van der Waals surface area (Å²) in [6.45, 7) is 3.71. The molecule has 0 aromatic heterocycles. The highest BCUT2D eigenvalue weighted by Gasteiger charge is 2.59. The number of ether oxygens (including phenoxy) is 1. The van der Waals surface area contributed by atoms with Crippen LogP contribution >= 0.6 is 11.6 Å². The Labute approximate surface area is 221 Å². The molecule has 2 heterocycles. The van der Waals surface area contributed by atoms with Gasteiger partial charge in [0.05, 0.1) is 23.9 Å². The number of imide groups is 1. The number of allylic oxidation sites excluding steroid dienone is 2. The molecule has 192 valence electrons. The number of anilines is 1. The first-order chi connectivity index (χ1) is 18.0. The normalized spacial score (nSPS) is 27.6. The molecule has 4 aliphatic rings. The zero-order valence-electron chi connectivity index (χ0n) is 20.5. The predicted molar refractivity (Wildman–Crippen MR) is 140 cm³/mol. The third-order valence-corrected chi connectivity index (χ3v) is 8.47. The molecule has 1 saturated carbocycles. The average Bonchev–Trinajstić information content (AvgIpc) is 3.60. The fourth-order valence-corrected chi connectivity index (χ4v) is 6.61. The van der Waals surface area contributed by atoms with Crippen molar-refractivity contribution in [2.45, 2.75) is 12.5 Å². The quantitative estimate of drug-likeness (QED) is 0.317. The Morgan fingerprint density at radius 1 is 0.892 bits per heavy atom. The highest BCUT2D eigenvalue weighted by atomic mass is 35.5. The lowest BCUT2D eigenvalue weighted by molar-refractivity contribution is -0.142. The van der Waals surface area contributed by atoms with Gasteiger partial charge in [0.2, 0.25) is 11.8 Å². The number of nitrogens with zero attached hydrogens (tertiary/aromatic N) is 3. The molecule has 7 nitrogen and oxygen atoms in total. The number of halogens is 1. The van der Waals surface area contributed by atoms with Crippen LogP contribution in [0.1, 0.15) is 16.8 Å². The molecule has 5 atom stereocenters. The Hall–Kier alpha value is -3.16. The van der Waals surface area contributed by atoms with Gasteiger partial charge in [0.1, 0.15) is 6.10 Å². The van der Waals surface area contributed by atoms with Crippen molar-refractivity contribution in [3.8, 4) is 0 Å². The zero-order chi connectivity index (χ0) is 25.5. The van der Waals surface area contributed by atoms with E-state index in [0.717, 1.165) is 38.3 Å². The van der Waals surface area contributed by atoms with E-state index < -0.39 is 12.1 Å². The van der Waals surface area contributed by atoms with Crippen LogP contribution in [0.25, 0.3) is 0 Å². The van der Waals surface area contributed by atoms with Crippen molar-refractivity contribution in [3.05, 3.63) is 77.3 Å². The van der Waals surface area contributed by atoms with Gasteiger partial charge in [-0.05, 0) is 48.6 Å². The molecule has 2 amide bonds. The number of hydrogen-bond donors (Lipinski definition) is 0. The second kappa shape index (κ2) is 9.95. The number of fused-ring (bicyclic) bond motifs is 5. The van der Waals surface area contributed by atoms with E-state index in [1.165, 1.54) is 4.90 Å². The number of rotatable bonds is 7. The fraction of sp³-hybridized carbons (Fsp3) is 0.414. The maximum absolute atomic E-state index is 13.3. The topological polar surface area (TPSA) is 70.2 Å². The van der Waals surface area contributed by atoms with Crippen LogP contribution in [0.5, 0.6) is 0 Å². The maximum Gasteiger partial charge on any atom is 0.338 e. The average molecular weight is 520 g/mol. The van der Waals surface area contributed by atoms with Crippen LogP contribution in [0.3, 0.4) is 0 Å². The Morgan fingerprint density at radius 3 is 2.22 bits per heavy atom. The summed E-state index contributed by atoms with van der Waals surface area (Å²) in [4.78, 5) is 45.4. The Morgan fingerprint density at radius 2 is 1.57 bits per heavy atom. The van der Waals surface area contributed by atoms with Crippen molar-refractivity contribution < 1.29 is 19.1 Å². The van der Waals surface area contributed by atoms with E-state index in [9.17, 15) is 14.4 Å². The molecule has 0 N–H and O–H groups in total. The number of piperazine rings is 1. The van der Waals surface area contributed by atoms with Crippen molar-refractivity contribution >= 4 is 35.1 Å². The lowest BCUT2D eigenvalue weighted by Gasteiger charge is -2.38. The minimum Gasteiger partial charge on any atom is -0.455 e. The van der Waals surface area contributed by atoms with Crippen LogP contribution in [0, 0.1) is 23.7 Å². The molecule has 2 saturated heterocycles. The van der Waals surface area contributed by atoms with Gasteiger partial charge in [0.15, 0.2) is 0 Å². The molecule has 2 aliphatic heterocycles. The van der Waals surface area contributed by atoms with E-state index in [0.29, 0.717) is 17.1 Å². The molecule has 37 heavy (non-hydrogen) atoms. The fourth-order valence-electron chi connectivity index (χ4n) is 6.42. The van der Waals surface area contributed by atoms with Crippen molar-refractivity contribution in [2.24, 2.45) is 23.7 Å². The summed E-state index contributed by atoms with van der Waals surface area (Å²) in [5, 5.41) is 0.709. The van der Waals surface area contributed by atoms with Gasteiger partial charge in [-0.3, -0.25) is 19.4 Å². The molecule has 8 heteroatoms. The van der Waals surface area contributed by atoms with Crippen LogP contribution in [0.15, 0.2) is 66.7 Å². The highest BCUT2D eigenvalue weighted by Crippen LogP contribution is 2.52. The first-order valence-corrected chi connectivity index (χ1v) is 13.4. The second-order valence-corrected chi connectivity index (χ2v) is 10.9. The van der Waals surface area contributed by atoms with Gasteiger partial charge in [-0.1, -0.05) is 48.0 Å². The largest absolute Gasteiger partial charge is 0.455 e. The van der Waals surface area contributed by atoms with Gasteiger partial charge in [0.25, 0.3) is 0 Å². The first kappa shape index (κ1) is 24.2. The smallest absolute Gasteiger partial charge is 0.338 e.